The number of amides is 1. The molecule has 35 heavy (non-hydrogen) atoms. The molecule has 1 heterocycles. The number of carbonyl (C=O) groups is 1. The highest BCUT2D eigenvalue weighted by Gasteiger charge is 2.51. The maximum atomic E-state index is 12.6. The Hall–Kier alpha value is -1.60. The third-order valence-corrected chi connectivity index (χ3v) is 10.3. The molecule has 5 fully saturated rings. The Kier molecular flexibility index (Phi) is 7.45. The van der Waals surface area contributed by atoms with E-state index in [4.69, 9.17) is 0 Å². The van der Waals surface area contributed by atoms with E-state index in [9.17, 15) is 13.2 Å². The minimum absolute atomic E-state index is 0.167. The van der Waals surface area contributed by atoms with E-state index in [1.54, 1.807) is 0 Å². The Morgan fingerprint density at radius 1 is 0.971 bits per heavy atom. The van der Waals surface area contributed by atoms with Crippen molar-refractivity contribution in [3.63, 3.8) is 0 Å². The van der Waals surface area contributed by atoms with Crippen LogP contribution < -0.4 is 9.62 Å². The average molecular weight is 502 g/mol. The van der Waals surface area contributed by atoms with E-state index in [0.717, 1.165) is 43.8 Å². The maximum absolute atomic E-state index is 12.6. The summed E-state index contributed by atoms with van der Waals surface area (Å²) < 4.78 is 26.4. The number of sulfonamides is 1. The fourth-order valence-corrected chi connectivity index (χ4v) is 8.78. The summed E-state index contributed by atoms with van der Waals surface area (Å²) in [5.74, 6) is 2.38. The summed E-state index contributed by atoms with van der Waals surface area (Å²) >= 11 is 0. The zero-order chi connectivity index (χ0) is 24.5. The van der Waals surface area contributed by atoms with Crippen LogP contribution in [0.5, 0.6) is 0 Å². The molecule has 6 rings (SSSR count). The van der Waals surface area contributed by atoms with Crippen LogP contribution in [0.4, 0.5) is 5.69 Å². The van der Waals surface area contributed by atoms with Crippen LogP contribution in [-0.4, -0.2) is 58.2 Å². The molecule has 0 unspecified atom stereocenters. The van der Waals surface area contributed by atoms with E-state index in [1.807, 2.05) is 12.1 Å². The van der Waals surface area contributed by atoms with E-state index < -0.39 is 10.0 Å². The van der Waals surface area contributed by atoms with Crippen molar-refractivity contribution in [2.75, 3.05) is 43.3 Å². The van der Waals surface area contributed by atoms with Gasteiger partial charge in [-0.2, -0.15) is 0 Å². The van der Waals surface area contributed by atoms with Crippen molar-refractivity contribution in [1.82, 2.24) is 10.2 Å². The number of benzene rings is 1. The van der Waals surface area contributed by atoms with Crippen LogP contribution in [0.15, 0.2) is 24.3 Å². The molecular weight excluding hydrogens is 458 g/mol. The van der Waals surface area contributed by atoms with Gasteiger partial charge in [0.1, 0.15) is 6.54 Å². The first-order valence-electron chi connectivity index (χ1n) is 13.9. The molecule has 1 aromatic rings. The zero-order valence-corrected chi connectivity index (χ0v) is 22.2. The molecule has 1 aliphatic heterocycles. The highest BCUT2D eigenvalue weighted by atomic mass is 32.2. The lowest BCUT2D eigenvalue weighted by atomic mass is 9.48. The van der Waals surface area contributed by atoms with Crippen molar-refractivity contribution in [2.24, 2.45) is 17.8 Å². The molecule has 4 bridgehead atoms. The lowest BCUT2D eigenvalue weighted by molar-refractivity contribution is -0.119. The number of carbonyl (C=O) groups excluding carboxylic acids is 1. The van der Waals surface area contributed by atoms with Gasteiger partial charge in [0.2, 0.25) is 15.9 Å². The van der Waals surface area contributed by atoms with E-state index in [0.29, 0.717) is 12.2 Å². The Bertz CT molecular complexity index is 948. The second-order valence-electron chi connectivity index (χ2n) is 12.0. The van der Waals surface area contributed by atoms with Gasteiger partial charge in [0.25, 0.3) is 0 Å². The molecule has 1 amide bonds. The van der Waals surface area contributed by atoms with Crippen LogP contribution in [0.2, 0.25) is 0 Å². The summed E-state index contributed by atoms with van der Waals surface area (Å²) in [5.41, 5.74) is 2.24. The van der Waals surface area contributed by atoms with Gasteiger partial charge in [0.05, 0.1) is 11.9 Å². The van der Waals surface area contributed by atoms with Crippen molar-refractivity contribution >= 4 is 21.6 Å². The molecule has 0 spiro atoms. The summed E-state index contributed by atoms with van der Waals surface area (Å²) in [7, 11) is -3.56. The number of rotatable bonds is 9. The van der Waals surface area contributed by atoms with Gasteiger partial charge in [0.15, 0.2) is 0 Å². The standard InChI is InChI=1S/C28H43N3O3S/c1-35(33,34)31(21-27(32)29-11-6-14-30-12-4-2-3-5-13-30)26-9-7-25(8-10-26)28-18-22-15-23(19-28)17-24(16-22)20-28/h7-10,22-24H,2-6,11-21H2,1H3,(H,29,32). The SMILES string of the molecule is CS(=O)(=O)N(CC(=O)NCCCN1CCCCCC1)c1ccc(C23CC4CC(CC(C4)C2)C3)cc1. The van der Waals surface area contributed by atoms with E-state index in [-0.39, 0.29) is 17.9 Å². The van der Waals surface area contributed by atoms with Crippen LogP contribution >= 0.6 is 0 Å². The van der Waals surface area contributed by atoms with Crippen molar-refractivity contribution < 1.29 is 13.2 Å². The third kappa shape index (κ3) is 5.87. The lowest BCUT2D eigenvalue weighted by Gasteiger charge is -2.57. The van der Waals surface area contributed by atoms with Gasteiger partial charge < -0.3 is 10.2 Å². The number of nitrogens with one attached hydrogen (secondary N) is 1. The fraction of sp³-hybridized carbons (Fsp3) is 0.750. The first kappa shape index (κ1) is 25.1. The van der Waals surface area contributed by atoms with Gasteiger partial charge >= 0.3 is 0 Å². The topological polar surface area (TPSA) is 69.7 Å². The monoisotopic (exact) mass is 501 g/mol. The molecule has 5 aliphatic rings. The summed E-state index contributed by atoms with van der Waals surface area (Å²) in [6.45, 7) is 3.70. The molecule has 1 N–H and O–H groups in total. The van der Waals surface area contributed by atoms with Gasteiger partial charge in [-0.15, -0.1) is 0 Å². The van der Waals surface area contributed by atoms with Crippen molar-refractivity contribution in [3.8, 4) is 0 Å². The first-order chi connectivity index (χ1) is 16.8. The molecule has 4 aliphatic carbocycles. The molecule has 194 valence electrons. The predicted molar refractivity (Wildman–Crippen MR) is 141 cm³/mol. The molecule has 7 heteroatoms. The van der Waals surface area contributed by atoms with Gasteiger partial charge in [-0.1, -0.05) is 25.0 Å². The molecule has 1 saturated heterocycles. The minimum atomic E-state index is -3.56. The van der Waals surface area contributed by atoms with Crippen molar-refractivity contribution in [3.05, 3.63) is 29.8 Å². The third-order valence-electron chi connectivity index (χ3n) is 9.17. The van der Waals surface area contributed by atoms with Crippen LogP contribution in [-0.2, 0) is 20.2 Å². The zero-order valence-electron chi connectivity index (χ0n) is 21.4. The Morgan fingerprint density at radius 3 is 2.09 bits per heavy atom. The van der Waals surface area contributed by atoms with Crippen LogP contribution in [0, 0.1) is 17.8 Å². The number of hydrogen-bond donors (Lipinski definition) is 1. The first-order valence-corrected chi connectivity index (χ1v) is 15.7. The number of nitrogens with zero attached hydrogens (tertiary/aromatic N) is 2. The Balaban J connectivity index is 1.18. The molecular formula is C28H43N3O3S. The van der Waals surface area contributed by atoms with Crippen LogP contribution in [0.1, 0.15) is 76.2 Å². The van der Waals surface area contributed by atoms with Crippen molar-refractivity contribution in [1.29, 1.82) is 0 Å². The molecule has 0 radical (unpaired) electrons. The number of likely N-dealkylation sites (tertiary alicyclic amines) is 1. The summed E-state index contributed by atoms with van der Waals surface area (Å²) in [6, 6.07) is 8.11. The molecule has 0 atom stereocenters. The van der Waals surface area contributed by atoms with Crippen LogP contribution in [0.25, 0.3) is 0 Å². The van der Waals surface area contributed by atoms with Gasteiger partial charge in [0, 0.05) is 6.54 Å². The predicted octanol–water partition coefficient (Wildman–Crippen LogP) is 4.30. The number of hydrogen-bond acceptors (Lipinski definition) is 4. The van der Waals surface area contributed by atoms with Gasteiger partial charge in [-0.25, -0.2) is 8.42 Å². The number of anilines is 1. The highest BCUT2D eigenvalue weighted by Crippen LogP contribution is 2.60. The smallest absolute Gasteiger partial charge is 0.240 e. The van der Waals surface area contributed by atoms with Crippen molar-refractivity contribution in [2.45, 2.75) is 76.0 Å². The van der Waals surface area contributed by atoms with E-state index >= 15 is 0 Å². The molecule has 4 saturated carbocycles. The Labute approximate surface area is 211 Å². The minimum Gasteiger partial charge on any atom is -0.354 e. The van der Waals surface area contributed by atoms with E-state index in [2.05, 4.69) is 22.3 Å². The van der Waals surface area contributed by atoms with E-state index in [1.165, 1.54) is 80.3 Å². The average Bonchev–Trinajstić information content (AvgIpc) is 3.08. The van der Waals surface area contributed by atoms with Gasteiger partial charge in [-0.3, -0.25) is 9.10 Å². The summed E-state index contributed by atoms with van der Waals surface area (Å²) in [6.07, 6.45) is 15.3. The second kappa shape index (κ2) is 10.4. The largest absolute Gasteiger partial charge is 0.354 e. The normalized spacial score (nSPS) is 30.7. The quantitative estimate of drug-likeness (QED) is 0.512. The summed E-state index contributed by atoms with van der Waals surface area (Å²) in [4.78, 5) is 15.1. The van der Waals surface area contributed by atoms with Gasteiger partial charge in [-0.05, 0) is 118 Å². The second-order valence-corrected chi connectivity index (χ2v) is 13.9. The maximum Gasteiger partial charge on any atom is 0.240 e. The Morgan fingerprint density at radius 2 is 1.54 bits per heavy atom. The molecule has 6 nitrogen and oxygen atoms in total. The fourth-order valence-electron chi connectivity index (χ4n) is 7.92. The molecule has 0 aromatic heterocycles. The summed E-state index contributed by atoms with van der Waals surface area (Å²) in [5, 5.41) is 2.94. The van der Waals surface area contributed by atoms with Crippen LogP contribution in [0.3, 0.4) is 0 Å². The molecule has 1 aromatic carbocycles. The lowest BCUT2D eigenvalue weighted by Crippen LogP contribution is -2.48. The highest BCUT2D eigenvalue weighted by molar-refractivity contribution is 7.92.